The summed E-state index contributed by atoms with van der Waals surface area (Å²) in [6, 6.07) is 7.01. The minimum atomic E-state index is -0.253. The molecule has 1 aromatic heterocycles. The van der Waals surface area contributed by atoms with Crippen LogP contribution in [0, 0.1) is 0 Å². The van der Waals surface area contributed by atoms with E-state index in [0.29, 0.717) is 23.9 Å². The highest BCUT2D eigenvalue weighted by Gasteiger charge is 2.18. The molecular formula is C14H12ClNO3. The van der Waals surface area contributed by atoms with Gasteiger partial charge in [0.25, 0.3) is 5.91 Å². The maximum Gasteiger partial charge on any atom is 0.287 e. The third-order valence-electron chi connectivity index (χ3n) is 3.01. The number of fused-ring (bicyclic) bond motifs is 1. The van der Waals surface area contributed by atoms with Crippen molar-refractivity contribution in [2.24, 2.45) is 0 Å². The largest absolute Gasteiger partial charge is 0.493 e. The molecule has 0 aliphatic carbocycles. The number of amides is 1. The quantitative estimate of drug-likeness (QED) is 0.938. The Hall–Kier alpha value is -1.94. The molecule has 0 spiro atoms. The van der Waals surface area contributed by atoms with Crippen molar-refractivity contribution in [3.05, 3.63) is 52.4 Å². The highest BCUT2D eigenvalue weighted by atomic mass is 35.5. The number of nitrogens with one attached hydrogen (secondary N) is 1. The number of carbonyl (C=O) groups excluding carboxylic acids is 1. The fourth-order valence-electron chi connectivity index (χ4n) is 2.15. The predicted molar refractivity (Wildman–Crippen MR) is 70.5 cm³/mol. The first-order chi connectivity index (χ1) is 9.24. The zero-order chi connectivity index (χ0) is 13.2. The minimum Gasteiger partial charge on any atom is -0.493 e. The van der Waals surface area contributed by atoms with E-state index in [-0.39, 0.29) is 5.91 Å². The first-order valence-electron chi connectivity index (χ1n) is 6.00. The first kappa shape index (κ1) is 12.1. The normalized spacial score (nSPS) is 12.9. The van der Waals surface area contributed by atoms with Crippen molar-refractivity contribution in [2.45, 2.75) is 13.0 Å². The maximum absolute atomic E-state index is 11.8. The zero-order valence-corrected chi connectivity index (χ0v) is 10.9. The van der Waals surface area contributed by atoms with E-state index in [1.54, 1.807) is 12.1 Å². The third-order valence-corrected chi connectivity index (χ3v) is 3.23. The number of ether oxygens (including phenoxy) is 1. The summed E-state index contributed by atoms with van der Waals surface area (Å²) in [5.41, 5.74) is 1.98. The molecule has 1 N–H and O–H groups in total. The topological polar surface area (TPSA) is 51.5 Å². The van der Waals surface area contributed by atoms with Gasteiger partial charge in [-0.1, -0.05) is 11.6 Å². The summed E-state index contributed by atoms with van der Waals surface area (Å²) in [7, 11) is 0. The standard InChI is InChI=1S/C14H12ClNO3/c15-11-6-9-3-5-19-13(9)10(7-11)8-16-14(17)12-2-1-4-18-12/h1-2,4,6-7H,3,5,8H2,(H,16,17). The van der Waals surface area contributed by atoms with Gasteiger partial charge in [0.2, 0.25) is 0 Å². The van der Waals surface area contributed by atoms with Gasteiger partial charge in [0.15, 0.2) is 5.76 Å². The molecule has 1 aliphatic rings. The van der Waals surface area contributed by atoms with Gasteiger partial charge in [-0.05, 0) is 29.8 Å². The van der Waals surface area contributed by atoms with E-state index < -0.39 is 0 Å². The van der Waals surface area contributed by atoms with Crippen molar-refractivity contribution in [2.75, 3.05) is 6.61 Å². The van der Waals surface area contributed by atoms with Crippen LogP contribution in [0.15, 0.2) is 34.9 Å². The third kappa shape index (κ3) is 2.44. The van der Waals surface area contributed by atoms with Crippen molar-refractivity contribution in [1.29, 1.82) is 0 Å². The number of furan rings is 1. The fourth-order valence-corrected chi connectivity index (χ4v) is 2.41. The molecule has 4 nitrogen and oxygen atoms in total. The SMILES string of the molecule is O=C(NCc1cc(Cl)cc2c1OCC2)c1ccco1. The molecule has 0 fully saturated rings. The second-order valence-electron chi connectivity index (χ2n) is 4.31. The van der Waals surface area contributed by atoms with E-state index in [4.69, 9.17) is 20.8 Å². The van der Waals surface area contributed by atoms with Crippen LogP contribution in [0.25, 0.3) is 0 Å². The van der Waals surface area contributed by atoms with Gasteiger partial charge in [-0.2, -0.15) is 0 Å². The molecular weight excluding hydrogens is 266 g/mol. The molecule has 19 heavy (non-hydrogen) atoms. The first-order valence-corrected chi connectivity index (χ1v) is 6.37. The van der Waals surface area contributed by atoms with Crippen LogP contribution in [0.4, 0.5) is 0 Å². The Morgan fingerprint density at radius 1 is 1.42 bits per heavy atom. The molecule has 0 saturated heterocycles. The summed E-state index contributed by atoms with van der Waals surface area (Å²) in [4.78, 5) is 11.8. The van der Waals surface area contributed by atoms with Crippen molar-refractivity contribution < 1.29 is 13.9 Å². The van der Waals surface area contributed by atoms with E-state index in [0.717, 1.165) is 23.3 Å². The van der Waals surface area contributed by atoms with Gasteiger partial charge in [0.1, 0.15) is 5.75 Å². The van der Waals surface area contributed by atoms with Gasteiger partial charge < -0.3 is 14.5 Å². The van der Waals surface area contributed by atoms with Crippen LogP contribution in [-0.4, -0.2) is 12.5 Å². The van der Waals surface area contributed by atoms with E-state index in [9.17, 15) is 4.79 Å². The lowest BCUT2D eigenvalue weighted by atomic mass is 10.1. The number of benzene rings is 1. The minimum absolute atomic E-state index is 0.253. The van der Waals surface area contributed by atoms with Crippen molar-refractivity contribution >= 4 is 17.5 Å². The monoisotopic (exact) mass is 277 g/mol. The summed E-state index contributed by atoms with van der Waals surface area (Å²) < 4.78 is 10.6. The Labute approximate surface area is 115 Å². The molecule has 0 radical (unpaired) electrons. The number of halogens is 1. The Kier molecular flexibility index (Phi) is 3.17. The van der Waals surface area contributed by atoms with Gasteiger partial charge in [0, 0.05) is 23.6 Å². The summed E-state index contributed by atoms with van der Waals surface area (Å²) in [5, 5.41) is 3.45. The summed E-state index contributed by atoms with van der Waals surface area (Å²) in [5.74, 6) is 0.875. The maximum atomic E-state index is 11.8. The molecule has 1 aromatic carbocycles. The molecule has 0 unspecified atom stereocenters. The average molecular weight is 278 g/mol. The Balaban J connectivity index is 1.76. The Bertz CT molecular complexity index is 607. The van der Waals surface area contributed by atoms with Crippen LogP contribution in [-0.2, 0) is 13.0 Å². The average Bonchev–Trinajstić information content (AvgIpc) is 3.05. The van der Waals surface area contributed by atoms with Crippen LogP contribution >= 0.6 is 11.6 Å². The fraction of sp³-hybridized carbons (Fsp3) is 0.214. The molecule has 98 valence electrons. The molecule has 1 amide bonds. The Morgan fingerprint density at radius 3 is 3.11 bits per heavy atom. The summed E-state index contributed by atoms with van der Waals surface area (Å²) in [6.45, 7) is 1.03. The van der Waals surface area contributed by atoms with E-state index in [2.05, 4.69) is 5.32 Å². The van der Waals surface area contributed by atoms with Crippen LogP contribution < -0.4 is 10.1 Å². The van der Waals surface area contributed by atoms with Gasteiger partial charge in [-0.3, -0.25) is 4.79 Å². The lowest BCUT2D eigenvalue weighted by molar-refractivity contribution is 0.0923. The van der Waals surface area contributed by atoms with Crippen molar-refractivity contribution in [1.82, 2.24) is 5.32 Å². The molecule has 0 saturated carbocycles. The van der Waals surface area contributed by atoms with Crippen LogP contribution in [0.3, 0.4) is 0 Å². The number of hydrogen-bond donors (Lipinski definition) is 1. The highest BCUT2D eigenvalue weighted by molar-refractivity contribution is 6.30. The van der Waals surface area contributed by atoms with E-state index >= 15 is 0 Å². The molecule has 0 bridgehead atoms. The molecule has 2 aromatic rings. The predicted octanol–water partition coefficient (Wildman–Crippen LogP) is 2.80. The second kappa shape index (κ2) is 4.97. The van der Waals surface area contributed by atoms with E-state index in [1.807, 2.05) is 12.1 Å². The molecule has 2 heterocycles. The van der Waals surface area contributed by atoms with Gasteiger partial charge in [-0.15, -0.1) is 0 Å². The summed E-state index contributed by atoms with van der Waals surface area (Å²) in [6.07, 6.45) is 2.32. The summed E-state index contributed by atoms with van der Waals surface area (Å²) >= 11 is 6.06. The molecule has 0 atom stereocenters. The molecule has 1 aliphatic heterocycles. The lowest BCUT2D eigenvalue weighted by Gasteiger charge is -2.09. The highest BCUT2D eigenvalue weighted by Crippen LogP contribution is 2.32. The zero-order valence-electron chi connectivity index (χ0n) is 10.1. The number of carbonyl (C=O) groups is 1. The molecule has 5 heteroatoms. The number of rotatable bonds is 3. The van der Waals surface area contributed by atoms with Gasteiger partial charge in [-0.25, -0.2) is 0 Å². The molecule has 3 rings (SSSR count). The van der Waals surface area contributed by atoms with Crippen LogP contribution in [0.2, 0.25) is 5.02 Å². The second-order valence-corrected chi connectivity index (χ2v) is 4.75. The van der Waals surface area contributed by atoms with E-state index in [1.165, 1.54) is 6.26 Å². The lowest BCUT2D eigenvalue weighted by Crippen LogP contribution is -2.22. The van der Waals surface area contributed by atoms with Crippen LogP contribution in [0.5, 0.6) is 5.75 Å². The number of hydrogen-bond acceptors (Lipinski definition) is 3. The van der Waals surface area contributed by atoms with Gasteiger partial charge >= 0.3 is 0 Å². The smallest absolute Gasteiger partial charge is 0.287 e. The van der Waals surface area contributed by atoms with Crippen molar-refractivity contribution in [3.8, 4) is 5.75 Å². The van der Waals surface area contributed by atoms with Crippen molar-refractivity contribution in [3.63, 3.8) is 0 Å². The van der Waals surface area contributed by atoms with Gasteiger partial charge in [0.05, 0.1) is 12.9 Å². The van der Waals surface area contributed by atoms with Crippen LogP contribution in [0.1, 0.15) is 21.7 Å². The Morgan fingerprint density at radius 2 is 2.32 bits per heavy atom.